The molecule has 6 nitrogen and oxygen atoms in total. The molecule has 0 spiro atoms. The number of tetrazole rings is 1. The quantitative estimate of drug-likeness (QED) is 0.680. The van der Waals surface area contributed by atoms with E-state index in [4.69, 9.17) is 0 Å². The van der Waals surface area contributed by atoms with Gasteiger partial charge in [-0.25, -0.2) is 5.10 Å². The van der Waals surface area contributed by atoms with Gasteiger partial charge in [-0.1, -0.05) is 12.1 Å². The van der Waals surface area contributed by atoms with Crippen LogP contribution in [-0.4, -0.2) is 27.0 Å². The summed E-state index contributed by atoms with van der Waals surface area (Å²) in [5, 5.41) is 15.7. The van der Waals surface area contributed by atoms with Crippen LogP contribution in [-0.2, 0) is 4.79 Å². The van der Waals surface area contributed by atoms with Gasteiger partial charge in [-0.3, -0.25) is 4.79 Å². The van der Waals surface area contributed by atoms with Gasteiger partial charge in [0.25, 0.3) is 0 Å². The van der Waals surface area contributed by atoms with Crippen molar-refractivity contribution in [2.75, 3.05) is 5.32 Å². The van der Waals surface area contributed by atoms with Crippen molar-refractivity contribution in [3.05, 3.63) is 24.3 Å². The lowest BCUT2D eigenvalue weighted by atomic mass is 10.1. The van der Waals surface area contributed by atoms with Crippen LogP contribution >= 0.6 is 0 Å². The fourth-order valence-corrected chi connectivity index (χ4v) is 1.13. The molecule has 2 rings (SSSR count). The number of benzene rings is 1. The minimum Gasteiger partial charge on any atom is -0.317 e. The monoisotopic (exact) mass is 188 g/mol. The molecular weight excluding hydrogens is 182 g/mol. The van der Waals surface area contributed by atoms with E-state index in [2.05, 4.69) is 25.9 Å². The topological polar surface area (TPSA) is 83.6 Å². The minimum atomic E-state index is 0.503. The molecule has 0 unspecified atom stereocenters. The average molecular weight is 188 g/mol. The van der Waals surface area contributed by atoms with Crippen LogP contribution in [0.1, 0.15) is 0 Å². The van der Waals surface area contributed by atoms with E-state index < -0.39 is 0 Å². The van der Waals surface area contributed by atoms with Gasteiger partial charge >= 0.3 is 6.41 Å². The maximum absolute atomic E-state index is 10.2. The molecule has 0 aliphatic rings. The molecular formula is C8H6N5O. The van der Waals surface area contributed by atoms with E-state index in [1.165, 1.54) is 0 Å². The molecule has 2 N–H and O–H groups in total. The molecule has 0 aliphatic carbocycles. The van der Waals surface area contributed by atoms with E-state index in [1.807, 2.05) is 6.07 Å². The SMILES string of the molecule is O=[C]Nc1ccccc1-c1nnn[nH]1. The van der Waals surface area contributed by atoms with Crippen molar-refractivity contribution in [1.82, 2.24) is 20.6 Å². The van der Waals surface area contributed by atoms with Crippen molar-refractivity contribution in [2.24, 2.45) is 0 Å². The largest absolute Gasteiger partial charge is 0.317 e. The standard InChI is InChI=1S/C8H6N5O/c14-5-9-7-4-2-1-3-6(7)8-10-12-13-11-8/h1-4H,(H,9,14)(H,10,11,12,13). The molecule has 14 heavy (non-hydrogen) atoms. The van der Waals surface area contributed by atoms with Gasteiger partial charge in [-0.15, -0.1) is 5.10 Å². The Bertz CT molecular complexity index is 425. The lowest BCUT2D eigenvalue weighted by Gasteiger charge is -2.02. The number of aromatic nitrogens is 4. The first-order valence-corrected chi connectivity index (χ1v) is 3.88. The Hall–Kier alpha value is -2.24. The third-order valence-electron chi connectivity index (χ3n) is 1.71. The van der Waals surface area contributed by atoms with Gasteiger partial charge in [0.15, 0.2) is 5.82 Å². The second-order valence-corrected chi connectivity index (χ2v) is 2.52. The van der Waals surface area contributed by atoms with E-state index in [9.17, 15) is 4.79 Å². The Labute approximate surface area is 79.3 Å². The maximum Gasteiger partial charge on any atom is 0.314 e. The van der Waals surface area contributed by atoms with Crippen molar-refractivity contribution < 1.29 is 4.79 Å². The summed E-state index contributed by atoms with van der Waals surface area (Å²) in [5.74, 6) is 0.503. The molecule has 1 aromatic carbocycles. The second-order valence-electron chi connectivity index (χ2n) is 2.52. The summed E-state index contributed by atoms with van der Waals surface area (Å²) in [4.78, 5) is 10.2. The molecule has 1 heterocycles. The summed E-state index contributed by atoms with van der Waals surface area (Å²) >= 11 is 0. The zero-order chi connectivity index (χ0) is 9.80. The fourth-order valence-electron chi connectivity index (χ4n) is 1.13. The zero-order valence-electron chi connectivity index (χ0n) is 7.06. The van der Waals surface area contributed by atoms with Crippen molar-refractivity contribution in [2.45, 2.75) is 0 Å². The van der Waals surface area contributed by atoms with Crippen molar-refractivity contribution in [3.8, 4) is 11.4 Å². The van der Waals surface area contributed by atoms with Crippen LogP contribution in [0.15, 0.2) is 24.3 Å². The minimum absolute atomic E-state index is 0.503. The third kappa shape index (κ3) is 1.45. The molecule has 0 atom stereocenters. The Morgan fingerprint density at radius 3 is 2.93 bits per heavy atom. The van der Waals surface area contributed by atoms with Gasteiger partial charge in [0.05, 0.1) is 5.69 Å². The number of hydrogen-bond donors (Lipinski definition) is 2. The highest BCUT2D eigenvalue weighted by molar-refractivity contribution is 5.82. The van der Waals surface area contributed by atoms with Crippen LogP contribution in [0.25, 0.3) is 11.4 Å². The highest BCUT2D eigenvalue weighted by atomic mass is 16.1. The molecule has 1 radical (unpaired) electrons. The fraction of sp³-hybridized carbons (Fsp3) is 0. The second kappa shape index (κ2) is 3.65. The van der Waals surface area contributed by atoms with E-state index in [0.717, 1.165) is 5.56 Å². The number of amides is 1. The number of anilines is 1. The Morgan fingerprint density at radius 2 is 2.21 bits per heavy atom. The Morgan fingerprint density at radius 1 is 1.36 bits per heavy atom. The van der Waals surface area contributed by atoms with Crippen LogP contribution in [0.4, 0.5) is 5.69 Å². The lowest BCUT2D eigenvalue weighted by Crippen LogP contribution is -1.96. The van der Waals surface area contributed by atoms with E-state index >= 15 is 0 Å². The first kappa shape index (κ1) is 8.36. The summed E-state index contributed by atoms with van der Waals surface area (Å²) in [6, 6.07) is 7.16. The number of hydrogen-bond acceptors (Lipinski definition) is 4. The summed E-state index contributed by atoms with van der Waals surface area (Å²) in [5.41, 5.74) is 1.34. The number of aromatic amines is 1. The van der Waals surface area contributed by atoms with Crippen LogP contribution in [0.5, 0.6) is 0 Å². The van der Waals surface area contributed by atoms with E-state index in [-0.39, 0.29) is 0 Å². The summed E-state index contributed by atoms with van der Waals surface area (Å²) < 4.78 is 0. The number of carbonyl (C=O) groups excluding carboxylic acids is 1. The summed E-state index contributed by atoms with van der Waals surface area (Å²) in [6.07, 6.45) is 1.60. The zero-order valence-corrected chi connectivity index (χ0v) is 7.06. The number of H-pyrrole nitrogens is 1. The van der Waals surface area contributed by atoms with Crippen molar-refractivity contribution in [3.63, 3.8) is 0 Å². The highest BCUT2D eigenvalue weighted by Crippen LogP contribution is 2.22. The van der Waals surface area contributed by atoms with Gasteiger partial charge in [0.2, 0.25) is 0 Å². The number of nitrogens with zero attached hydrogens (tertiary/aromatic N) is 3. The predicted octanol–water partition coefficient (Wildman–Crippen LogP) is 0.346. The maximum atomic E-state index is 10.2. The van der Waals surface area contributed by atoms with Crippen LogP contribution < -0.4 is 5.32 Å². The highest BCUT2D eigenvalue weighted by Gasteiger charge is 2.06. The number of rotatable bonds is 3. The lowest BCUT2D eigenvalue weighted by molar-refractivity contribution is 0.561. The molecule has 1 amide bonds. The van der Waals surface area contributed by atoms with Gasteiger partial charge in [-0.2, -0.15) is 0 Å². The van der Waals surface area contributed by atoms with Crippen molar-refractivity contribution in [1.29, 1.82) is 0 Å². The van der Waals surface area contributed by atoms with Gasteiger partial charge in [-0.05, 0) is 22.6 Å². The summed E-state index contributed by atoms with van der Waals surface area (Å²) in [7, 11) is 0. The van der Waals surface area contributed by atoms with E-state index in [1.54, 1.807) is 24.6 Å². The van der Waals surface area contributed by atoms with Crippen molar-refractivity contribution >= 4 is 12.1 Å². The molecule has 69 valence electrons. The smallest absolute Gasteiger partial charge is 0.314 e. The molecule has 2 aromatic rings. The third-order valence-corrected chi connectivity index (χ3v) is 1.71. The van der Waals surface area contributed by atoms with Crippen LogP contribution in [0.3, 0.4) is 0 Å². The Kier molecular flexibility index (Phi) is 2.18. The normalized spacial score (nSPS) is 9.71. The predicted molar refractivity (Wildman–Crippen MR) is 48.9 cm³/mol. The summed E-state index contributed by atoms with van der Waals surface area (Å²) in [6.45, 7) is 0. The van der Waals surface area contributed by atoms with Gasteiger partial charge < -0.3 is 5.32 Å². The van der Waals surface area contributed by atoms with Gasteiger partial charge in [0, 0.05) is 5.56 Å². The molecule has 0 saturated heterocycles. The molecule has 0 fully saturated rings. The molecule has 1 aromatic heterocycles. The number of nitrogens with one attached hydrogen (secondary N) is 2. The Balaban J connectivity index is 2.46. The van der Waals surface area contributed by atoms with Crippen LogP contribution in [0, 0.1) is 0 Å². The van der Waals surface area contributed by atoms with Crippen LogP contribution in [0.2, 0.25) is 0 Å². The first-order chi connectivity index (χ1) is 6.92. The van der Waals surface area contributed by atoms with E-state index in [0.29, 0.717) is 11.5 Å². The molecule has 0 aliphatic heterocycles. The molecule has 0 saturated carbocycles. The molecule has 6 heteroatoms. The molecule has 0 bridgehead atoms. The van der Waals surface area contributed by atoms with Gasteiger partial charge in [0.1, 0.15) is 0 Å². The number of para-hydroxylation sites is 1. The average Bonchev–Trinajstić information content (AvgIpc) is 2.72. The first-order valence-electron chi connectivity index (χ1n) is 3.88.